The molecule has 0 aromatic heterocycles. The molecule has 2 rings (SSSR count). The second kappa shape index (κ2) is 6.86. The van der Waals surface area contributed by atoms with Gasteiger partial charge in [0.15, 0.2) is 5.11 Å². The molecule has 22 heavy (non-hydrogen) atoms. The molecular formula is C15H16Cl2N2O2S. The highest BCUT2D eigenvalue weighted by molar-refractivity contribution is 7.80. The van der Waals surface area contributed by atoms with Gasteiger partial charge in [0.1, 0.15) is 0 Å². The van der Waals surface area contributed by atoms with Crippen LogP contribution in [0.1, 0.15) is 32.4 Å². The molecule has 2 N–H and O–H groups in total. The Bertz CT molecular complexity index is 659. The fourth-order valence-electron chi connectivity index (χ4n) is 2.21. The first-order valence-corrected chi connectivity index (χ1v) is 7.90. The van der Waals surface area contributed by atoms with Crippen molar-refractivity contribution in [2.45, 2.75) is 32.9 Å². The Morgan fingerprint density at radius 1 is 1.36 bits per heavy atom. The molecule has 4 nitrogen and oxygen atoms in total. The van der Waals surface area contributed by atoms with Gasteiger partial charge in [0, 0.05) is 15.7 Å². The topological polar surface area (TPSA) is 50.4 Å². The van der Waals surface area contributed by atoms with Gasteiger partial charge < -0.3 is 15.4 Å². The van der Waals surface area contributed by atoms with Gasteiger partial charge in [-0.2, -0.15) is 0 Å². The molecule has 0 saturated heterocycles. The van der Waals surface area contributed by atoms with E-state index in [-0.39, 0.29) is 6.10 Å². The molecule has 1 aliphatic rings. The SMILES string of the molecule is CC1=C(C(=O)OC(C)C)[C@H](c2ccc(Cl)cc2Cl)NC(=S)N1. The summed E-state index contributed by atoms with van der Waals surface area (Å²) in [6, 6.07) is 4.64. The van der Waals surface area contributed by atoms with Gasteiger partial charge in [-0.25, -0.2) is 4.79 Å². The van der Waals surface area contributed by atoms with Gasteiger partial charge in [0.2, 0.25) is 0 Å². The third kappa shape index (κ3) is 3.72. The number of carbonyl (C=O) groups is 1. The number of allylic oxidation sites excluding steroid dienone is 1. The first kappa shape index (κ1) is 17.1. The molecule has 0 radical (unpaired) electrons. The Morgan fingerprint density at radius 2 is 2.05 bits per heavy atom. The van der Waals surface area contributed by atoms with Gasteiger partial charge >= 0.3 is 5.97 Å². The van der Waals surface area contributed by atoms with Crippen LogP contribution in [0, 0.1) is 0 Å². The number of benzene rings is 1. The molecule has 1 aliphatic heterocycles. The molecule has 0 fully saturated rings. The second-order valence-electron chi connectivity index (χ2n) is 5.19. The normalized spacial score (nSPS) is 18.1. The van der Waals surface area contributed by atoms with Gasteiger partial charge in [-0.1, -0.05) is 29.3 Å². The third-order valence-corrected chi connectivity index (χ3v) is 3.89. The fourth-order valence-corrected chi connectivity index (χ4v) is 3.00. The van der Waals surface area contributed by atoms with E-state index in [1.165, 1.54) is 0 Å². The van der Waals surface area contributed by atoms with Crippen LogP contribution in [0.15, 0.2) is 29.5 Å². The summed E-state index contributed by atoms with van der Waals surface area (Å²) in [5, 5.41) is 7.41. The number of nitrogens with one attached hydrogen (secondary N) is 2. The van der Waals surface area contributed by atoms with Crippen LogP contribution in [-0.2, 0) is 9.53 Å². The monoisotopic (exact) mass is 358 g/mol. The number of thiocarbonyl (C=S) groups is 1. The molecule has 0 aliphatic carbocycles. The van der Waals surface area contributed by atoms with E-state index in [4.69, 9.17) is 40.2 Å². The lowest BCUT2D eigenvalue weighted by Gasteiger charge is -2.30. The van der Waals surface area contributed by atoms with Gasteiger partial charge in [-0.05, 0) is 50.7 Å². The third-order valence-electron chi connectivity index (χ3n) is 3.11. The van der Waals surface area contributed by atoms with Crippen LogP contribution in [0.3, 0.4) is 0 Å². The van der Waals surface area contributed by atoms with Crippen LogP contribution in [0.2, 0.25) is 10.0 Å². The standard InChI is InChI=1S/C15H16Cl2N2O2S/c1-7(2)21-14(20)12-8(3)18-15(22)19-13(12)10-5-4-9(16)6-11(10)17/h4-7,13H,1-3H3,(H2,18,19,22)/t13-/m0/s1. The van der Waals surface area contributed by atoms with Crippen LogP contribution in [0.5, 0.6) is 0 Å². The van der Waals surface area contributed by atoms with Crippen molar-refractivity contribution in [2.75, 3.05) is 0 Å². The Morgan fingerprint density at radius 3 is 2.64 bits per heavy atom. The molecule has 1 atom stereocenters. The van der Waals surface area contributed by atoms with E-state index in [9.17, 15) is 4.79 Å². The minimum atomic E-state index is -0.482. The molecule has 1 aromatic carbocycles. The summed E-state index contributed by atoms with van der Waals surface area (Å²) in [6.45, 7) is 5.37. The molecule has 118 valence electrons. The lowest BCUT2D eigenvalue weighted by Crippen LogP contribution is -2.45. The van der Waals surface area contributed by atoms with E-state index in [2.05, 4.69) is 10.6 Å². The minimum absolute atomic E-state index is 0.219. The zero-order valence-corrected chi connectivity index (χ0v) is 14.7. The number of esters is 1. The molecule has 0 amide bonds. The molecular weight excluding hydrogens is 343 g/mol. The maximum atomic E-state index is 12.4. The van der Waals surface area contributed by atoms with Gasteiger partial charge in [0.25, 0.3) is 0 Å². The van der Waals surface area contributed by atoms with Crippen LogP contribution in [-0.4, -0.2) is 17.2 Å². The molecule has 0 bridgehead atoms. The van der Waals surface area contributed by atoms with Crippen molar-refractivity contribution in [3.8, 4) is 0 Å². The first-order chi connectivity index (χ1) is 10.3. The van der Waals surface area contributed by atoms with E-state index >= 15 is 0 Å². The highest BCUT2D eigenvalue weighted by Crippen LogP contribution is 2.33. The zero-order chi connectivity index (χ0) is 16.4. The van der Waals surface area contributed by atoms with E-state index < -0.39 is 12.0 Å². The predicted molar refractivity (Wildman–Crippen MR) is 92.0 cm³/mol. The van der Waals surface area contributed by atoms with Gasteiger partial charge in [0.05, 0.1) is 17.7 Å². The second-order valence-corrected chi connectivity index (χ2v) is 6.44. The maximum absolute atomic E-state index is 12.4. The summed E-state index contributed by atoms with van der Waals surface area (Å²) in [7, 11) is 0. The fraction of sp³-hybridized carbons (Fsp3) is 0.333. The van der Waals surface area contributed by atoms with E-state index in [1.807, 2.05) is 0 Å². The summed E-state index contributed by atoms with van der Waals surface area (Å²) in [5.41, 5.74) is 1.81. The largest absolute Gasteiger partial charge is 0.459 e. The highest BCUT2D eigenvalue weighted by Gasteiger charge is 2.32. The summed E-state index contributed by atoms with van der Waals surface area (Å²) < 4.78 is 5.32. The van der Waals surface area contributed by atoms with Crippen molar-refractivity contribution in [2.24, 2.45) is 0 Å². The minimum Gasteiger partial charge on any atom is -0.459 e. The molecule has 0 spiro atoms. The smallest absolute Gasteiger partial charge is 0.338 e. The quantitative estimate of drug-likeness (QED) is 0.636. The maximum Gasteiger partial charge on any atom is 0.338 e. The number of ether oxygens (including phenoxy) is 1. The number of hydrogen-bond acceptors (Lipinski definition) is 3. The van der Waals surface area contributed by atoms with Crippen LogP contribution in [0.25, 0.3) is 0 Å². The van der Waals surface area contributed by atoms with Gasteiger partial charge in [-0.15, -0.1) is 0 Å². The Hall–Kier alpha value is -1.30. The summed E-state index contributed by atoms with van der Waals surface area (Å²) >= 11 is 17.4. The van der Waals surface area contributed by atoms with E-state index in [0.29, 0.717) is 32.0 Å². The van der Waals surface area contributed by atoms with Crippen molar-refractivity contribution >= 4 is 46.5 Å². The van der Waals surface area contributed by atoms with Crippen LogP contribution < -0.4 is 10.6 Å². The molecule has 0 unspecified atom stereocenters. The van der Waals surface area contributed by atoms with Crippen molar-refractivity contribution in [1.82, 2.24) is 10.6 Å². The van der Waals surface area contributed by atoms with Crippen molar-refractivity contribution in [3.63, 3.8) is 0 Å². The highest BCUT2D eigenvalue weighted by atomic mass is 35.5. The molecule has 7 heteroatoms. The number of rotatable bonds is 3. The van der Waals surface area contributed by atoms with Crippen molar-refractivity contribution < 1.29 is 9.53 Å². The van der Waals surface area contributed by atoms with Crippen LogP contribution in [0.4, 0.5) is 0 Å². The molecule has 1 heterocycles. The number of carbonyl (C=O) groups excluding carboxylic acids is 1. The predicted octanol–water partition coefficient (Wildman–Crippen LogP) is 3.74. The average molecular weight is 359 g/mol. The van der Waals surface area contributed by atoms with Crippen LogP contribution >= 0.6 is 35.4 Å². The van der Waals surface area contributed by atoms with E-state index in [1.54, 1.807) is 39.0 Å². The number of hydrogen-bond donors (Lipinski definition) is 2. The van der Waals surface area contributed by atoms with Gasteiger partial charge in [-0.3, -0.25) is 0 Å². The van der Waals surface area contributed by atoms with Crippen molar-refractivity contribution in [3.05, 3.63) is 45.1 Å². The first-order valence-electron chi connectivity index (χ1n) is 6.73. The molecule has 0 saturated carbocycles. The lowest BCUT2D eigenvalue weighted by molar-refractivity contribution is -0.143. The summed E-state index contributed by atoms with van der Waals surface area (Å²) in [4.78, 5) is 12.4. The van der Waals surface area contributed by atoms with E-state index in [0.717, 1.165) is 0 Å². The number of halogens is 2. The zero-order valence-electron chi connectivity index (χ0n) is 12.4. The Kier molecular flexibility index (Phi) is 5.32. The molecule has 1 aromatic rings. The summed E-state index contributed by atoms with van der Waals surface area (Å²) in [5.74, 6) is -0.411. The summed E-state index contributed by atoms with van der Waals surface area (Å²) in [6.07, 6.45) is -0.219. The average Bonchev–Trinajstić information content (AvgIpc) is 2.36. The van der Waals surface area contributed by atoms with Crippen molar-refractivity contribution in [1.29, 1.82) is 0 Å². The Balaban J connectivity index is 2.48. The lowest BCUT2D eigenvalue weighted by atomic mass is 9.95. The Labute approximate surface area is 144 Å².